The Morgan fingerprint density at radius 3 is 2.20 bits per heavy atom. The highest BCUT2D eigenvalue weighted by molar-refractivity contribution is 9.10. The number of rotatable bonds is 0. The van der Waals surface area contributed by atoms with Gasteiger partial charge in [0.2, 0.25) is 0 Å². The number of benzene rings is 3. The molecular weight excluding hydrogens is 248 g/mol. The van der Waals surface area contributed by atoms with Crippen molar-refractivity contribution in [2.24, 2.45) is 0 Å². The topological polar surface area (TPSA) is 0 Å². The number of hydrogen-bond donors (Lipinski definition) is 0. The van der Waals surface area contributed by atoms with E-state index in [2.05, 4.69) is 70.5 Å². The zero-order valence-corrected chi connectivity index (χ0v) is 9.66. The lowest BCUT2D eigenvalue weighted by Gasteiger charge is -2.03. The Labute approximate surface area is 96.7 Å². The van der Waals surface area contributed by atoms with Crippen LogP contribution in [0, 0.1) is 0 Å². The Kier molecular flexibility index (Phi) is 2.00. The van der Waals surface area contributed by atoms with E-state index in [9.17, 15) is 0 Å². The van der Waals surface area contributed by atoms with Crippen molar-refractivity contribution >= 4 is 37.5 Å². The van der Waals surface area contributed by atoms with E-state index >= 15 is 0 Å². The quantitative estimate of drug-likeness (QED) is 0.509. The summed E-state index contributed by atoms with van der Waals surface area (Å²) in [6, 6.07) is 19.2. The van der Waals surface area contributed by atoms with E-state index in [4.69, 9.17) is 0 Å². The monoisotopic (exact) mass is 256 g/mol. The average Bonchev–Trinajstić information content (AvgIpc) is 2.29. The second-order valence-corrected chi connectivity index (χ2v) is 4.57. The van der Waals surface area contributed by atoms with E-state index in [1.807, 2.05) is 0 Å². The third kappa shape index (κ3) is 1.44. The van der Waals surface area contributed by atoms with Crippen molar-refractivity contribution in [1.82, 2.24) is 0 Å². The molecule has 0 saturated heterocycles. The summed E-state index contributed by atoms with van der Waals surface area (Å²) in [4.78, 5) is 0. The minimum atomic E-state index is 1.13. The first-order valence-corrected chi connectivity index (χ1v) is 5.71. The standard InChI is InChI=1S/C14H9Br/c15-12-8-7-11-6-5-10-3-1-2-4-13(10)14(11)9-12/h1-9H. The largest absolute Gasteiger partial charge is 0.0616 e. The Balaban J connectivity index is 2.57. The lowest BCUT2D eigenvalue weighted by Crippen LogP contribution is -1.77. The number of fused-ring (bicyclic) bond motifs is 3. The maximum absolute atomic E-state index is 3.52. The Morgan fingerprint density at radius 2 is 1.33 bits per heavy atom. The first-order chi connectivity index (χ1) is 7.34. The second kappa shape index (κ2) is 3.35. The fraction of sp³-hybridized carbons (Fsp3) is 0. The highest BCUT2D eigenvalue weighted by atomic mass is 79.9. The fourth-order valence-electron chi connectivity index (χ4n) is 1.97. The molecule has 0 aromatic heterocycles. The first kappa shape index (κ1) is 8.93. The molecule has 0 N–H and O–H groups in total. The van der Waals surface area contributed by atoms with Crippen molar-refractivity contribution < 1.29 is 0 Å². The van der Waals surface area contributed by atoms with Gasteiger partial charge in [-0.15, -0.1) is 0 Å². The lowest BCUT2D eigenvalue weighted by atomic mass is 10.0. The van der Waals surface area contributed by atoms with Gasteiger partial charge in [0.15, 0.2) is 0 Å². The van der Waals surface area contributed by atoms with Crippen LogP contribution in [0.2, 0.25) is 0 Å². The predicted octanol–water partition coefficient (Wildman–Crippen LogP) is 4.76. The smallest absolute Gasteiger partial charge is 0.0181 e. The zero-order chi connectivity index (χ0) is 10.3. The van der Waals surface area contributed by atoms with Crippen LogP contribution in [0.1, 0.15) is 0 Å². The minimum Gasteiger partial charge on any atom is -0.0616 e. The molecule has 72 valence electrons. The Bertz CT molecular complexity index is 641. The van der Waals surface area contributed by atoms with Gasteiger partial charge in [-0.25, -0.2) is 0 Å². The minimum absolute atomic E-state index is 1.13. The van der Waals surface area contributed by atoms with Crippen molar-refractivity contribution in [2.75, 3.05) is 0 Å². The molecule has 0 aliphatic heterocycles. The van der Waals surface area contributed by atoms with Gasteiger partial charge in [0.1, 0.15) is 0 Å². The molecule has 0 fully saturated rings. The predicted molar refractivity (Wildman–Crippen MR) is 69.2 cm³/mol. The molecule has 1 heteroatoms. The third-order valence-corrected chi connectivity index (χ3v) is 3.20. The van der Waals surface area contributed by atoms with Crippen LogP contribution in [0.25, 0.3) is 21.5 Å². The van der Waals surface area contributed by atoms with Crippen LogP contribution in [0.3, 0.4) is 0 Å². The van der Waals surface area contributed by atoms with Crippen LogP contribution in [-0.2, 0) is 0 Å². The van der Waals surface area contributed by atoms with E-state index < -0.39 is 0 Å². The van der Waals surface area contributed by atoms with Crippen LogP contribution in [0.15, 0.2) is 59.1 Å². The SMILES string of the molecule is Brc1ccc2ccc3ccccc3c2c1. The van der Waals surface area contributed by atoms with Crippen molar-refractivity contribution in [1.29, 1.82) is 0 Å². The van der Waals surface area contributed by atoms with Gasteiger partial charge in [-0.1, -0.05) is 58.4 Å². The van der Waals surface area contributed by atoms with Crippen LogP contribution >= 0.6 is 15.9 Å². The summed E-state index contributed by atoms with van der Waals surface area (Å²) >= 11 is 3.52. The van der Waals surface area contributed by atoms with E-state index in [0.29, 0.717) is 0 Å². The van der Waals surface area contributed by atoms with Gasteiger partial charge in [-0.05, 0) is 33.7 Å². The van der Waals surface area contributed by atoms with Crippen molar-refractivity contribution in [3.8, 4) is 0 Å². The molecule has 3 aromatic rings. The molecule has 0 amide bonds. The normalized spacial score (nSPS) is 11.0. The highest BCUT2D eigenvalue weighted by Crippen LogP contribution is 2.27. The van der Waals surface area contributed by atoms with Crippen molar-refractivity contribution in [2.45, 2.75) is 0 Å². The maximum atomic E-state index is 3.52. The zero-order valence-electron chi connectivity index (χ0n) is 8.07. The molecule has 3 rings (SSSR count). The molecule has 0 bridgehead atoms. The summed E-state index contributed by atoms with van der Waals surface area (Å²) in [6.45, 7) is 0. The van der Waals surface area contributed by atoms with Crippen LogP contribution < -0.4 is 0 Å². The van der Waals surface area contributed by atoms with E-state index in [1.54, 1.807) is 0 Å². The lowest BCUT2D eigenvalue weighted by molar-refractivity contribution is 1.72. The van der Waals surface area contributed by atoms with Crippen molar-refractivity contribution in [3.63, 3.8) is 0 Å². The van der Waals surface area contributed by atoms with Crippen LogP contribution in [-0.4, -0.2) is 0 Å². The summed E-state index contributed by atoms with van der Waals surface area (Å²) in [5.74, 6) is 0. The average molecular weight is 257 g/mol. The highest BCUT2D eigenvalue weighted by Gasteiger charge is 1.99. The molecule has 0 spiro atoms. The summed E-state index contributed by atoms with van der Waals surface area (Å²) in [6.07, 6.45) is 0. The van der Waals surface area contributed by atoms with Gasteiger partial charge < -0.3 is 0 Å². The summed E-state index contributed by atoms with van der Waals surface area (Å²) in [5.41, 5.74) is 0. The van der Waals surface area contributed by atoms with Gasteiger partial charge in [-0.3, -0.25) is 0 Å². The number of halogens is 1. The summed E-state index contributed by atoms with van der Waals surface area (Å²) < 4.78 is 1.13. The van der Waals surface area contributed by atoms with Gasteiger partial charge in [0, 0.05) is 4.47 Å². The van der Waals surface area contributed by atoms with Crippen LogP contribution in [0.4, 0.5) is 0 Å². The molecule has 0 saturated carbocycles. The maximum Gasteiger partial charge on any atom is 0.0181 e. The van der Waals surface area contributed by atoms with E-state index in [0.717, 1.165) is 4.47 Å². The number of hydrogen-bond acceptors (Lipinski definition) is 0. The summed E-state index contributed by atoms with van der Waals surface area (Å²) in [7, 11) is 0. The Hall–Kier alpha value is -1.34. The summed E-state index contributed by atoms with van der Waals surface area (Å²) in [5, 5.41) is 5.21. The third-order valence-electron chi connectivity index (χ3n) is 2.71. The van der Waals surface area contributed by atoms with E-state index in [-0.39, 0.29) is 0 Å². The van der Waals surface area contributed by atoms with Gasteiger partial charge in [-0.2, -0.15) is 0 Å². The fourth-order valence-corrected chi connectivity index (χ4v) is 2.34. The molecule has 0 aliphatic carbocycles. The first-order valence-electron chi connectivity index (χ1n) is 4.92. The molecule has 0 nitrogen and oxygen atoms in total. The van der Waals surface area contributed by atoms with Crippen LogP contribution in [0.5, 0.6) is 0 Å². The molecule has 0 unspecified atom stereocenters. The molecule has 0 atom stereocenters. The molecule has 0 radical (unpaired) electrons. The molecular formula is C14H9Br. The van der Waals surface area contributed by atoms with E-state index in [1.165, 1.54) is 21.5 Å². The molecule has 0 aliphatic rings. The molecule has 0 heterocycles. The van der Waals surface area contributed by atoms with Crippen molar-refractivity contribution in [3.05, 3.63) is 59.1 Å². The van der Waals surface area contributed by atoms with Gasteiger partial charge in [0.25, 0.3) is 0 Å². The molecule has 3 aromatic carbocycles. The van der Waals surface area contributed by atoms with Gasteiger partial charge in [0.05, 0.1) is 0 Å². The Morgan fingerprint density at radius 1 is 0.667 bits per heavy atom. The second-order valence-electron chi connectivity index (χ2n) is 3.65. The molecule has 15 heavy (non-hydrogen) atoms. The van der Waals surface area contributed by atoms with Gasteiger partial charge >= 0.3 is 0 Å².